The van der Waals surface area contributed by atoms with Crippen LogP contribution in [0.5, 0.6) is 0 Å². The SMILES string of the molecule is Cc1ccc(C(=O)Nc2ccc(NC(=O)CC#N)cc2)o1. The van der Waals surface area contributed by atoms with Crippen molar-refractivity contribution in [1.82, 2.24) is 0 Å². The molecule has 2 aromatic rings. The molecule has 0 saturated carbocycles. The highest BCUT2D eigenvalue weighted by atomic mass is 16.3. The fourth-order valence-electron chi connectivity index (χ4n) is 1.66. The Kier molecular flexibility index (Phi) is 4.36. The number of nitrogens with zero attached hydrogens (tertiary/aromatic N) is 1. The van der Waals surface area contributed by atoms with Gasteiger partial charge >= 0.3 is 0 Å². The summed E-state index contributed by atoms with van der Waals surface area (Å²) in [5, 5.41) is 13.6. The van der Waals surface area contributed by atoms with Gasteiger partial charge in [0.1, 0.15) is 12.2 Å². The monoisotopic (exact) mass is 283 g/mol. The van der Waals surface area contributed by atoms with Gasteiger partial charge in [0.15, 0.2) is 5.76 Å². The van der Waals surface area contributed by atoms with E-state index in [2.05, 4.69) is 10.6 Å². The average molecular weight is 283 g/mol. The Balaban J connectivity index is 1.98. The second-order valence-electron chi connectivity index (χ2n) is 4.32. The summed E-state index contributed by atoms with van der Waals surface area (Å²) in [6.07, 6.45) is -0.198. The molecule has 2 rings (SSSR count). The average Bonchev–Trinajstić information content (AvgIpc) is 2.88. The second-order valence-corrected chi connectivity index (χ2v) is 4.32. The standard InChI is InChI=1S/C15H13N3O3/c1-10-2-7-13(21-10)15(20)18-12-5-3-11(4-6-12)17-14(19)8-9-16/h2-7H,8H2,1H3,(H,17,19)(H,18,20). The second kappa shape index (κ2) is 6.39. The molecule has 0 atom stereocenters. The number of hydrogen-bond donors (Lipinski definition) is 2. The van der Waals surface area contributed by atoms with Gasteiger partial charge < -0.3 is 15.1 Å². The van der Waals surface area contributed by atoms with Crippen LogP contribution in [0.4, 0.5) is 11.4 Å². The van der Waals surface area contributed by atoms with Gasteiger partial charge in [0, 0.05) is 11.4 Å². The van der Waals surface area contributed by atoms with Gasteiger partial charge in [0.05, 0.1) is 6.07 Å². The number of benzene rings is 1. The summed E-state index contributed by atoms with van der Waals surface area (Å²) in [5.41, 5.74) is 1.13. The van der Waals surface area contributed by atoms with Gasteiger partial charge in [0.25, 0.3) is 5.91 Å². The van der Waals surface area contributed by atoms with Gasteiger partial charge in [-0.1, -0.05) is 0 Å². The van der Waals surface area contributed by atoms with Gasteiger partial charge in [0.2, 0.25) is 5.91 Å². The molecule has 0 fully saturated rings. The Bertz CT molecular complexity index is 696. The van der Waals surface area contributed by atoms with E-state index in [9.17, 15) is 9.59 Å². The molecule has 0 radical (unpaired) electrons. The van der Waals surface area contributed by atoms with Crippen LogP contribution in [-0.2, 0) is 4.79 Å². The number of amides is 2. The molecule has 106 valence electrons. The molecule has 0 unspecified atom stereocenters. The van der Waals surface area contributed by atoms with E-state index in [1.165, 1.54) is 0 Å². The zero-order chi connectivity index (χ0) is 15.2. The van der Waals surface area contributed by atoms with Crippen LogP contribution in [0, 0.1) is 18.3 Å². The van der Waals surface area contributed by atoms with E-state index in [4.69, 9.17) is 9.68 Å². The van der Waals surface area contributed by atoms with Crippen molar-refractivity contribution in [2.24, 2.45) is 0 Å². The smallest absolute Gasteiger partial charge is 0.291 e. The number of hydrogen-bond acceptors (Lipinski definition) is 4. The van der Waals surface area contributed by atoms with E-state index in [-0.39, 0.29) is 24.0 Å². The predicted octanol–water partition coefficient (Wildman–Crippen LogP) is 2.69. The Labute approximate surface area is 121 Å². The minimum atomic E-state index is -0.375. The number of rotatable bonds is 4. The lowest BCUT2D eigenvalue weighted by Gasteiger charge is -2.06. The van der Waals surface area contributed by atoms with E-state index < -0.39 is 0 Å². The Hall–Kier alpha value is -3.07. The van der Waals surface area contributed by atoms with Crippen LogP contribution >= 0.6 is 0 Å². The third kappa shape index (κ3) is 3.94. The first-order valence-electron chi connectivity index (χ1n) is 6.23. The van der Waals surface area contributed by atoms with Gasteiger partial charge in [-0.3, -0.25) is 9.59 Å². The molecule has 0 aliphatic heterocycles. The lowest BCUT2D eigenvalue weighted by atomic mass is 10.2. The molecule has 1 aromatic carbocycles. The zero-order valence-corrected chi connectivity index (χ0v) is 11.3. The molecule has 0 spiro atoms. The molecule has 6 heteroatoms. The van der Waals surface area contributed by atoms with Crippen LogP contribution in [0.2, 0.25) is 0 Å². The molecular formula is C15H13N3O3. The maximum Gasteiger partial charge on any atom is 0.291 e. The van der Waals surface area contributed by atoms with Crippen molar-refractivity contribution in [2.45, 2.75) is 13.3 Å². The third-order valence-electron chi connectivity index (χ3n) is 2.63. The number of carbonyl (C=O) groups is 2. The number of aryl methyl sites for hydroxylation is 1. The van der Waals surface area contributed by atoms with Gasteiger partial charge in [-0.15, -0.1) is 0 Å². The normalized spacial score (nSPS) is 9.71. The van der Waals surface area contributed by atoms with Crippen molar-refractivity contribution in [2.75, 3.05) is 10.6 Å². The number of nitriles is 1. The molecule has 6 nitrogen and oxygen atoms in total. The third-order valence-corrected chi connectivity index (χ3v) is 2.63. The summed E-state index contributed by atoms with van der Waals surface area (Å²) in [6, 6.07) is 11.6. The maximum absolute atomic E-state index is 11.9. The molecule has 2 amide bonds. The van der Waals surface area contributed by atoms with Crippen LogP contribution in [-0.4, -0.2) is 11.8 Å². The Morgan fingerprint density at radius 3 is 2.24 bits per heavy atom. The molecule has 0 aliphatic carbocycles. The lowest BCUT2D eigenvalue weighted by Crippen LogP contribution is -2.12. The summed E-state index contributed by atoms with van der Waals surface area (Å²) < 4.78 is 5.22. The summed E-state index contributed by atoms with van der Waals surface area (Å²) in [4.78, 5) is 23.1. The minimum Gasteiger partial charge on any atom is -0.456 e. The van der Waals surface area contributed by atoms with Crippen LogP contribution < -0.4 is 10.6 Å². The number of carbonyl (C=O) groups excluding carboxylic acids is 2. The van der Waals surface area contributed by atoms with Crippen LogP contribution in [0.1, 0.15) is 22.7 Å². The lowest BCUT2D eigenvalue weighted by molar-refractivity contribution is -0.115. The fourth-order valence-corrected chi connectivity index (χ4v) is 1.66. The van der Waals surface area contributed by atoms with Crippen LogP contribution in [0.25, 0.3) is 0 Å². The van der Waals surface area contributed by atoms with E-state index >= 15 is 0 Å². The van der Waals surface area contributed by atoms with Gasteiger partial charge in [-0.25, -0.2) is 0 Å². The fraction of sp³-hybridized carbons (Fsp3) is 0.133. The molecule has 0 aliphatic rings. The highest BCUT2D eigenvalue weighted by Crippen LogP contribution is 2.15. The maximum atomic E-state index is 11.9. The first kappa shape index (κ1) is 14.3. The van der Waals surface area contributed by atoms with E-state index in [0.29, 0.717) is 17.1 Å². The largest absolute Gasteiger partial charge is 0.456 e. The molecule has 2 N–H and O–H groups in total. The molecule has 1 aromatic heterocycles. The Morgan fingerprint density at radius 2 is 1.71 bits per heavy atom. The predicted molar refractivity (Wildman–Crippen MR) is 76.7 cm³/mol. The summed E-state index contributed by atoms with van der Waals surface area (Å²) in [6.45, 7) is 1.76. The van der Waals surface area contributed by atoms with E-state index in [0.717, 1.165) is 0 Å². The van der Waals surface area contributed by atoms with Crippen molar-refractivity contribution < 1.29 is 14.0 Å². The van der Waals surface area contributed by atoms with Crippen molar-refractivity contribution in [3.8, 4) is 6.07 Å². The van der Waals surface area contributed by atoms with Crippen molar-refractivity contribution in [3.63, 3.8) is 0 Å². The first-order valence-corrected chi connectivity index (χ1v) is 6.23. The Morgan fingerprint density at radius 1 is 1.10 bits per heavy atom. The molecule has 21 heavy (non-hydrogen) atoms. The topological polar surface area (TPSA) is 95.1 Å². The van der Waals surface area contributed by atoms with Crippen molar-refractivity contribution in [1.29, 1.82) is 5.26 Å². The number of nitrogens with one attached hydrogen (secondary N) is 2. The summed E-state index contributed by atoms with van der Waals surface area (Å²) in [5.74, 6) is 0.180. The summed E-state index contributed by atoms with van der Waals surface area (Å²) in [7, 11) is 0. The minimum absolute atomic E-state index is 0.198. The number of anilines is 2. The van der Waals surface area contributed by atoms with Crippen molar-refractivity contribution >= 4 is 23.2 Å². The quantitative estimate of drug-likeness (QED) is 0.901. The molecule has 1 heterocycles. The van der Waals surface area contributed by atoms with Gasteiger partial charge in [-0.2, -0.15) is 5.26 Å². The summed E-state index contributed by atoms with van der Waals surface area (Å²) >= 11 is 0. The zero-order valence-electron chi connectivity index (χ0n) is 11.3. The van der Waals surface area contributed by atoms with Crippen LogP contribution in [0.15, 0.2) is 40.8 Å². The first-order chi connectivity index (χ1) is 10.1. The molecule has 0 bridgehead atoms. The van der Waals surface area contributed by atoms with Gasteiger partial charge in [-0.05, 0) is 43.3 Å². The highest BCUT2D eigenvalue weighted by Gasteiger charge is 2.10. The molecule has 0 saturated heterocycles. The van der Waals surface area contributed by atoms with Crippen molar-refractivity contribution in [3.05, 3.63) is 47.9 Å². The number of furan rings is 1. The van der Waals surface area contributed by atoms with E-state index in [1.54, 1.807) is 49.4 Å². The van der Waals surface area contributed by atoms with Crippen LogP contribution in [0.3, 0.4) is 0 Å². The van der Waals surface area contributed by atoms with E-state index in [1.807, 2.05) is 0 Å². The highest BCUT2D eigenvalue weighted by molar-refractivity contribution is 6.02. The molecular weight excluding hydrogens is 270 g/mol.